The fourth-order valence-corrected chi connectivity index (χ4v) is 1.52. The smallest absolute Gasteiger partial charge is 0.407 e. The minimum absolute atomic E-state index is 0.144. The topological polar surface area (TPSA) is 18.5 Å². The molecular weight excluding hydrogens is 163 g/mol. The molecule has 0 bridgehead atoms. The van der Waals surface area contributed by atoms with Gasteiger partial charge in [0.2, 0.25) is 0 Å². The molecule has 1 aliphatic rings. The second kappa shape index (κ2) is 3.94. The van der Waals surface area contributed by atoms with Crippen molar-refractivity contribution < 1.29 is 9.31 Å². The van der Waals surface area contributed by atoms with Crippen LogP contribution in [0.15, 0.2) is 24.3 Å². The molecule has 0 unspecified atom stereocenters. The Morgan fingerprint density at radius 1 is 1.15 bits per heavy atom. The molecule has 1 aliphatic heterocycles. The van der Waals surface area contributed by atoms with Gasteiger partial charge in [-0.15, -0.1) is 0 Å². The zero-order valence-corrected chi connectivity index (χ0v) is 7.82. The van der Waals surface area contributed by atoms with Crippen molar-refractivity contribution in [2.75, 3.05) is 13.2 Å². The molecule has 1 fully saturated rings. The summed E-state index contributed by atoms with van der Waals surface area (Å²) < 4.78 is 11.0. The van der Waals surface area contributed by atoms with Crippen molar-refractivity contribution in [2.24, 2.45) is 0 Å². The zero-order chi connectivity index (χ0) is 9.10. The van der Waals surface area contributed by atoms with E-state index >= 15 is 0 Å². The Morgan fingerprint density at radius 2 is 1.85 bits per heavy atom. The summed E-state index contributed by atoms with van der Waals surface area (Å²) in [5.74, 6) is 0. The first-order valence-electron chi connectivity index (χ1n) is 4.66. The fourth-order valence-electron chi connectivity index (χ4n) is 1.52. The van der Waals surface area contributed by atoms with Crippen molar-refractivity contribution in [1.29, 1.82) is 0 Å². The average Bonchev–Trinajstić information content (AvgIpc) is 2.20. The minimum atomic E-state index is -0.144. The van der Waals surface area contributed by atoms with Crippen LogP contribution in [-0.4, -0.2) is 20.3 Å². The minimum Gasteiger partial charge on any atom is -0.407 e. The number of aryl methyl sites for hydroxylation is 1. The van der Waals surface area contributed by atoms with Gasteiger partial charge >= 0.3 is 7.12 Å². The van der Waals surface area contributed by atoms with E-state index in [1.54, 1.807) is 0 Å². The number of rotatable bonds is 1. The van der Waals surface area contributed by atoms with Gasteiger partial charge in [-0.1, -0.05) is 29.8 Å². The van der Waals surface area contributed by atoms with Crippen LogP contribution in [0.2, 0.25) is 0 Å². The molecule has 13 heavy (non-hydrogen) atoms. The number of hydrogen-bond acceptors (Lipinski definition) is 2. The Balaban J connectivity index is 2.18. The van der Waals surface area contributed by atoms with Gasteiger partial charge in [0, 0.05) is 13.2 Å². The highest BCUT2D eigenvalue weighted by molar-refractivity contribution is 6.61. The lowest BCUT2D eigenvalue weighted by molar-refractivity contribution is 0.143. The van der Waals surface area contributed by atoms with Crippen molar-refractivity contribution in [3.05, 3.63) is 29.8 Å². The summed E-state index contributed by atoms with van der Waals surface area (Å²) in [6.07, 6.45) is 1.00. The van der Waals surface area contributed by atoms with Gasteiger partial charge in [-0.3, -0.25) is 0 Å². The van der Waals surface area contributed by atoms with E-state index in [0.29, 0.717) is 0 Å². The molecule has 1 aromatic carbocycles. The highest BCUT2D eigenvalue weighted by Gasteiger charge is 2.25. The van der Waals surface area contributed by atoms with Gasteiger partial charge < -0.3 is 9.31 Å². The first kappa shape index (κ1) is 8.79. The fraction of sp³-hybridized carbons (Fsp3) is 0.400. The quantitative estimate of drug-likeness (QED) is 0.597. The summed E-state index contributed by atoms with van der Waals surface area (Å²) in [5, 5.41) is 0. The first-order valence-corrected chi connectivity index (χ1v) is 4.66. The SMILES string of the molecule is Cc1ccccc1B1OCCCO1. The molecular formula is C10H13BO2. The van der Waals surface area contributed by atoms with Crippen molar-refractivity contribution >= 4 is 12.6 Å². The maximum atomic E-state index is 5.52. The maximum Gasteiger partial charge on any atom is 0.494 e. The maximum absolute atomic E-state index is 5.52. The summed E-state index contributed by atoms with van der Waals surface area (Å²) >= 11 is 0. The molecule has 1 heterocycles. The van der Waals surface area contributed by atoms with Gasteiger partial charge in [-0.05, 0) is 18.8 Å². The lowest BCUT2D eigenvalue weighted by atomic mass is 9.75. The third-order valence-corrected chi connectivity index (χ3v) is 2.27. The zero-order valence-electron chi connectivity index (χ0n) is 7.82. The van der Waals surface area contributed by atoms with Crippen LogP contribution in [0.3, 0.4) is 0 Å². The van der Waals surface area contributed by atoms with Crippen LogP contribution in [0.25, 0.3) is 0 Å². The predicted molar refractivity (Wildman–Crippen MR) is 53.1 cm³/mol. The van der Waals surface area contributed by atoms with Crippen LogP contribution in [0, 0.1) is 6.92 Å². The van der Waals surface area contributed by atoms with Crippen LogP contribution in [0.1, 0.15) is 12.0 Å². The van der Waals surface area contributed by atoms with E-state index in [-0.39, 0.29) is 7.12 Å². The first-order chi connectivity index (χ1) is 6.38. The Kier molecular flexibility index (Phi) is 2.66. The van der Waals surface area contributed by atoms with E-state index in [1.165, 1.54) is 5.56 Å². The van der Waals surface area contributed by atoms with Crippen molar-refractivity contribution in [2.45, 2.75) is 13.3 Å². The molecule has 2 rings (SSSR count). The van der Waals surface area contributed by atoms with E-state index in [2.05, 4.69) is 19.1 Å². The van der Waals surface area contributed by atoms with E-state index in [1.807, 2.05) is 12.1 Å². The molecule has 0 aromatic heterocycles. The monoisotopic (exact) mass is 176 g/mol. The third kappa shape index (κ3) is 1.93. The lowest BCUT2D eigenvalue weighted by Crippen LogP contribution is -2.42. The molecule has 0 saturated carbocycles. The van der Waals surface area contributed by atoms with E-state index in [9.17, 15) is 0 Å². The van der Waals surface area contributed by atoms with Crippen LogP contribution in [0.4, 0.5) is 0 Å². The van der Waals surface area contributed by atoms with E-state index in [4.69, 9.17) is 9.31 Å². The number of hydrogen-bond donors (Lipinski definition) is 0. The molecule has 0 spiro atoms. The van der Waals surface area contributed by atoms with Crippen molar-refractivity contribution in [1.82, 2.24) is 0 Å². The highest BCUT2D eigenvalue weighted by Crippen LogP contribution is 2.04. The summed E-state index contributed by atoms with van der Waals surface area (Å²) in [6, 6.07) is 8.19. The van der Waals surface area contributed by atoms with Gasteiger partial charge in [0.05, 0.1) is 0 Å². The highest BCUT2D eigenvalue weighted by atomic mass is 16.6. The number of benzene rings is 1. The second-order valence-corrected chi connectivity index (χ2v) is 3.28. The molecule has 0 atom stereocenters. The van der Waals surface area contributed by atoms with Gasteiger partial charge in [0.15, 0.2) is 0 Å². The van der Waals surface area contributed by atoms with Gasteiger partial charge in [0.25, 0.3) is 0 Å². The van der Waals surface area contributed by atoms with Gasteiger partial charge in [-0.25, -0.2) is 0 Å². The molecule has 0 aliphatic carbocycles. The van der Waals surface area contributed by atoms with Crippen molar-refractivity contribution in [3.63, 3.8) is 0 Å². The molecule has 0 amide bonds. The summed E-state index contributed by atoms with van der Waals surface area (Å²) in [5.41, 5.74) is 2.39. The molecule has 0 N–H and O–H groups in total. The normalized spacial score (nSPS) is 17.5. The van der Waals surface area contributed by atoms with Crippen LogP contribution < -0.4 is 5.46 Å². The Labute approximate surface area is 79.0 Å². The Hall–Kier alpha value is -0.795. The Morgan fingerprint density at radius 3 is 2.54 bits per heavy atom. The largest absolute Gasteiger partial charge is 0.494 e. The lowest BCUT2D eigenvalue weighted by Gasteiger charge is -2.20. The summed E-state index contributed by atoms with van der Waals surface area (Å²) in [7, 11) is -0.144. The molecule has 3 heteroatoms. The molecule has 0 radical (unpaired) electrons. The second-order valence-electron chi connectivity index (χ2n) is 3.28. The summed E-state index contributed by atoms with van der Waals surface area (Å²) in [4.78, 5) is 0. The van der Waals surface area contributed by atoms with Gasteiger partial charge in [0.1, 0.15) is 0 Å². The predicted octanol–water partition coefficient (Wildman–Crippen LogP) is 1.13. The average molecular weight is 176 g/mol. The molecule has 2 nitrogen and oxygen atoms in total. The Bertz CT molecular complexity index is 282. The standard InChI is InChI=1S/C10H13BO2/c1-9-5-2-3-6-10(9)11-12-7-4-8-13-11/h2-3,5-6H,4,7-8H2,1H3. The van der Waals surface area contributed by atoms with Crippen LogP contribution >= 0.6 is 0 Å². The third-order valence-electron chi connectivity index (χ3n) is 2.27. The van der Waals surface area contributed by atoms with Crippen LogP contribution in [-0.2, 0) is 9.31 Å². The van der Waals surface area contributed by atoms with Crippen LogP contribution in [0.5, 0.6) is 0 Å². The molecule has 1 saturated heterocycles. The molecule has 1 aromatic rings. The van der Waals surface area contributed by atoms with Gasteiger partial charge in [-0.2, -0.15) is 0 Å². The van der Waals surface area contributed by atoms with E-state index < -0.39 is 0 Å². The van der Waals surface area contributed by atoms with Crippen molar-refractivity contribution in [3.8, 4) is 0 Å². The van der Waals surface area contributed by atoms with E-state index in [0.717, 1.165) is 25.1 Å². The molecule has 68 valence electrons. The summed E-state index contributed by atoms with van der Waals surface area (Å²) in [6.45, 7) is 3.69.